The summed E-state index contributed by atoms with van der Waals surface area (Å²) < 4.78 is 55.1. The molecule has 3 N–H and O–H groups in total. The van der Waals surface area contributed by atoms with Gasteiger partial charge in [-0.2, -0.15) is 0 Å². The van der Waals surface area contributed by atoms with Crippen LogP contribution in [0.15, 0.2) is 54.6 Å². The van der Waals surface area contributed by atoms with Crippen molar-refractivity contribution in [3.05, 3.63) is 77.3 Å². The monoisotopic (exact) mass is 456 g/mol. The van der Waals surface area contributed by atoms with Crippen LogP contribution in [0.5, 0.6) is 0 Å². The molecule has 2 heterocycles. The topological polar surface area (TPSA) is 104 Å². The van der Waals surface area contributed by atoms with Gasteiger partial charge in [-0.25, -0.2) is 22.2 Å². The summed E-state index contributed by atoms with van der Waals surface area (Å²) in [5.41, 5.74) is 4.08. The number of hydrogen-bond donors (Lipinski definition) is 3. The predicted octanol–water partition coefficient (Wildman–Crippen LogP) is 4.35. The summed E-state index contributed by atoms with van der Waals surface area (Å²) in [6.07, 6.45) is 8.87. The summed E-state index contributed by atoms with van der Waals surface area (Å²) in [7, 11) is -3.83. The van der Waals surface area contributed by atoms with E-state index >= 15 is 0 Å². The van der Waals surface area contributed by atoms with Crippen molar-refractivity contribution in [2.45, 2.75) is 13.3 Å². The Morgan fingerprint density at radius 2 is 2.09 bits per heavy atom. The van der Waals surface area contributed by atoms with Gasteiger partial charge in [0.15, 0.2) is 5.82 Å². The summed E-state index contributed by atoms with van der Waals surface area (Å²) in [6.45, 7) is 1.65. The number of halogens is 2. The van der Waals surface area contributed by atoms with Crippen LogP contribution in [0.1, 0.15) is 29.3 Å². The van der Waals surface area contributed by atoms with Gasteiger partial charge < -0.3 is 10.3 Å². The zero-order chi connectivity index (χ0) is 22.9. The van der Waals surface area contributed by atoms with Crippen LogP contribution < -0.4 is 10.0 Å². The van der Waals surface area contributed by atoms with Crippen LogP contribution in [0.25, 0.3) is 16.6 Å². The van der Waals surface area contributed by atoms with Crippen LogP contribution in [0.2, 0.25) is 0 Å². The first kappa shape index (κ1) is 21.5. The normalized spacial score (nSPS) is 12.9. The molecular formula is C22H18F2N4O3S. The maximum atomic E-state index is 14.9. The van der Waals surface area contributed by atoms with Crippen molar-refractivity contribution in [3.8, 4) is 0 Å². The maximum absolute atomic E-state index is 14.9. The molecule has 0 atom stereocenters. The molecule has 0 saturated carbocycles. The fourth-order valence-corrected chi connectivity index (χ4v) is 4.45. The molecule has 0 bridgehead atoms. The molecule has 10 heteroatoms. The van der Waals surface area contributed by atoms with Gasteiger partial charge in [-0.05, 0) is 36.8 Å². The van der Waals surface area contributed by atoms with Gasteiger partial charge in [0.05, 0.1) is 23.3 Å². The molecule has 0 unspecified atom stereocenters. The van der Waals surface area contributed by atoms with Gasteiger partial charge in [-0.1, -0.05) is 13.0 Å². The van der Waals surface area contributed by atoms with E-state index in [1.807, 2.05) is 16.9 Å². The summed E-state index contributed by atoms with van der Waals surface area (Å²) in [5, 5.41) is 3.11. The smallest absolute Gasteiger partial charge is 0.261 e. The molecule has 0 fully saturated rings. The largest absolute Gasteiger partial charge is 0.345 e. The van der Waals surface area contributed by atoms with Crippen molar-refractivity contribution in [3.63, 3.8) is 0 Å². The van der Waals surface area contributed by atoms with Crippen molar-refractivity contribution >= 4 is 43.9 Å². The minimum atomic E-state index is -3.83. The van der Waals surface area contributed by atoms with Crippen molar-refractivity contribution in [1.29, 1.82) is 0 Å². The van der Waals surface area contributed by atoms with Gasteiger partial charge in [-0.15, -0.1) is 5.73 Å². The first-order chi connectivity index (χ1) is 15.3. The standard InChI is InChI=1S/C22H18F2N4O3S/c1-2-9-32(30,31)28-18-8-7-17(23)19(20(18)24)22(29)27-14-10-15-16(13-5-3-4-6-13)12-26-21(15)25-11-14/h3-5,7-8,10-12,28H,2,9H2,1H3,(H,25,26)(H,27,29). The number of aromatic amines is 1. The third-order valence-corrected chi connectivity index (χ3v) is 6.21. The van der Waals surface area contributed by atoms with E-state index in [9.17, 15) is 22.0 Å². The quantitative estimate of drug-likeness (QED) is 0.460. The second-order valence-electron chi connectivity index (χ2n) is 7.07. The van der Waals surface area contributed by atoms with E-state index in [4.69, 9.17) is 0 Å². The Bertz CT molecular complexity index is 1430. The molecule has 0 radical (unpaired) electrons. The number of allylic oxidation sites excluding steroid dienone is 3. The fourth-order valence-electron chi connectivity index (χ4n) is 3.31. The van der Waals surface area contributed by atoms with E-state index in [1.54, 1.807) is 25.3 Å². The van der Waals surface area contributed by atoms with Crippen LogP contribution in [0.3, 0.4) is 0 Å². The number of amides is 1. The van der Waals surface area contributed by atoms with Gasteiger partial charge in [0.1, 0.15) is 17.0 Å². The lowest BCUT2D eigenvalue weighted by molar-refractivity contribution is 0.101. The minimum absolute atomic E-state index is 0.214. The Hall–Kier alpha value is -3.75. The zero-order valence-electron chi connectivity index (χ0n) is 16.9. The molecule has 3 aromatic rings. The molecule has 1 aromatic carbocycles. The average Bonchev–Trinajstić information content (AvgIpc) is 3.39. The molecule has 32 heavy (non-hydrogen) atoms. The highest BCUT2D eigenvalue weighted by Crippen LogP contribution is 2.28. The number of nitrogens with zero attached hydrogens (tertiary/aromatic N) is 1. The number of carbonyl (C=O) groups excluding carboxylic acids is 1. The van der Waals surface area contributed by atoms with Gasteiger partial charge in [0.25, 0.3) is 5.91 Å². The van der Waals surface area contributed by atoms with Crippen LogP contribution in [0.4, 0.5) is 20.2 Å². The lowest BCUT2D eigenvalue weighted by atomic mass is 10.1. The van der Waals surface area contributed by atoms with Crippen LogP contribution in [-0.4, -0.2) is 30.0 Å². The van der Waals surface area contributed by atoms with Crippen molar-refractivity contribution in [1.82, 2.24) is 9.97 Å². The second kappa shape index (κ2) is 8.41. The van der Waals surface area contributed by atoms with Crippen LogP contribution >= 0.6 is 0 Å². The number of rotatable bonds is 7. The van der Waals surface area contributed by atoms with Gasteiger partial charge in [0, 0.05) is 22.7 Å². The highest BCUT2D eigenvalue weighted by Gasteiger charge is 2.23. The molecule has 1 aliphatic rings. The highest BCUT2D eigenvalue weighted by atomic mass is 32.2. The van der Waals surface area contributed by atoms with Gasteiger partial charge in [0.2, 0.25) is 10.0 Å². The molecule has 2 aromatic heterocycles. The molecule has 0 saturated heterocycles. The number of carbonyl (C=O) groups is 1. The van der Waals surface area contributed by atoms with E-state index < -0.39 is 38.8 Å². The number of sulfonamides is 1. The first-order valence-electron chi connectivity index (χ1n) is 9.70. The summed E-state index contributed by atoms with van der Waals surface area (Å²) >= 11 is 0. The SMILES string of the molecule is CCCS(=O)(=O)Nc1ccc(F)c(C(=O)Nc2cnc3[nH]cc(C4=C=CC=C4)c3c2)c1F. The van der Waals surface area contributed by atoms with E-state index in [2.05, 4.69) is 21.0 Å². The zero-order valence-corrected chi connectivity index (χ0v) is 17.7. The number of pyridine rings is 1. The summed E-state index contributed by atoms with van der Waals surface area (Å²) in [6, 6.07) is 3.39. The Balaban J connectivity index is 1.65. The van der Waals surface area contributed by atoms with E-state index in [-0.39, 0.29) is 11.4 Å². The minimum Gasteiger partial charge on any atom is -0.345 e. The van der Waals surface area contributed by atoms with Gasteiger partial charge >= 0.3 is 0 Å². The fraction of sp³-hybridized carbons (Fsp3) is 0.136. The molecule has 1 aliphatic carbocycles. The van der Waals surface area contributed by atoms with Crippen molar-refractivity contribution in [2.24, 2.45) is 0 Å². The Kier molecular flexibility index (Phi) is 5.65. The Morgan fingerprint density at radius 1 is 1.28 bits per heavy atom. The Labute approximate surface area is 182 Å². The van der Waals surface area contributed by atoms with Crippen LogP contribution in [0, 0.1) is 11.6 Å². The molecule has 164 valence electrons. The average molecular weight is 456 g/mol. The van der Waals surface area contributed by atoms with Crippen LogP contribution in [-0.2, 0) is 10.0 Å². The number of H-pyrrole nitrogens is 1. The molecular weight excluding hydrogens is 438 g/mol. The van der Waals surface area contributed by atoms with E-state index in [0.717, 1.165) is 23.3 Å². The summed E-state index contributed by atoms with van der Waals surface area (Å²) in [5.74, 6) is -3.74. The predicted molar refractivity (Wildman–Crippen MR) is 119 cm³/mol. The number of hydrogen-bond acceptors (Lipinski definition) is 4. The lowest BCUT2D eigenvalue weighted by Crippen LogP contribution is -2.20. The molecule has 0 aliphatic heterocycles. The molecule has 1 amide bonds. The lowest BCUT2D eigenvalue weighted by Gasteiger charge is -2.12. The number of anilines is 2. The summed E-state index contributed by atoms with van der Waals surface area (Å²) in [4.78, 5) is 19.9. The molecule has 7 nitrogen and oxygen atoms in total. The first-order valence-corrected chi connectivity index (χ1v) is 11.3. The van der Waals surface area contributed by atoms with E-state index in [0.29, 0.717) is 17.5 Å². The van der Waals surface area contributed by atoms with Crippen molar-refractivity contribution in [2.75, 3.05) is 15.8 Å². The van der Waals surface area contributed by atoms with Crippen molar-refractivity contribution < 1.29 is 22.0 Å². The second-order valence-corrected chi connectivity index (χ2v) is 8.91. The highest BCUT2D eigenvalue weighted by molar-refractivity contribution is 7.92. The number of fused-ring (bicyclic) bond motifs is 1. The van der Waals surface area contributed by atoms with E-state index in [1.165, 1.54) is 6.20 Å². The molecule has 0 spiro atoms. The van der Waals surface area contributed by atoms with Gasteiger partial charge in [-0.3, -0.25) is 9.52 Å². The Morgan fingerprint density at radius 3 is 2.81 bits per heavy atom. The maximum Gasteiger partial charge on any atom is 0.261 e. The number of aromatic nitrogens is 2. The number of benzene rings is 1. The third-order valence-electron chi connectivity index (χ3n) is 4.73. The third kappa shape index (κ3) is 4.18. The number of nitrogens with one attached hydrogen (secondary N) is 3. The molecule has 4 rings (SSSR count).